The van der Waals surface area contributed by atoms with Crippen molar-refractivity contribution in [3.63, 3.8) is 0 Å². The highest BCUT2D eigenvalue weighted by atomic mass is 35.5. The van der Waals surface area contributed by atoms with Crippen LogP contribution in [0.3, 0.4) is 0 Å². The third kappa shape index (κ3) is 2.86. The Morgan fingerprint density at radius 2 is 2.12 bits per heavy atom. The number of rotatable bonds is 1. The Bertz CT molecular complexity index is 1510. The molecule has 6 rings (SSSR count). The van der Waals surface area contributed by atoms with Crippen LogP contribution in [0.1, 0.15) is 23.9 Å². The van der Waals surface area contributed by atoms with E-state index in [2.05, 4.69) is 15.5 Å². The quantitative estimate of drug-likeness (QED) is 0.408. The Morgan fingerprint density at radius 3 is 2.94 bits per heavy atom. The number of nitrogens with zero attached hydrogens (tertiary/aromatic N) is 4. The van der Waals surface area contributed by atoms with Crippen LogP contribution in [0.4, 0.5) is 13.8 Å². The van der Waals surface area contributed by atoms with Gasteiger partial charge in [-0.1, -0.05) is 17.7 Å². The predicted molar refractivity (Wildman–Crippen MR) is 121 cm³/mol. The molecule has 2 aromatic heterocycles. The highest BCUT2D eigenvalue weighted by Crippen LogP contribution is 2.49. The van der Waals surface area contributed by atoms with Gasteiger partial charge in [-0.3, -0.25) is 0 Å². The van der Waals surface area contributed by atoms with Crippen LogP contribution < -0.4 is 15.8 Å². The molecular formula is C22H15ClF2N6OS. The molecule has 33 heavy (non-hydrogen) atoms. The van der Waals surface area contributed by atoms with E-state index in [0.29, 0.717) is 31.0 Å². The second-order valence-electron chi connectivity index (χ2n) is 7.91. The molecule has 7 nitrogen and oxygen atoms in total. The predicted octanol–water partition coefficient (Wildman–Crippen LogP) is 4.64. The molecule has 1 atom stereocenters. The van der Waals surface area contributed by atoms with Crippen molar-refractivity contribution in [3.05, 3.63) is 46.2 Å². The number of hydrogen-bond acceptors (Lipinski definition) is 7. The van der Waals surface area contributed by atoms with Crippen molar-refractivity contribution < 1.29 is 13.5 Å². The number of thiophene rings is 1. The van der Waals surface area contributed by atoms with E-state index in [1.165, 1.54) is 18.2 Å². The van der Waals surface area contributed by atoms with E-state index < -0.39 is 11.6 Å². The number of nitrogen functional groups attached to an aromatic ring is 1. The van der Waals surface area contributed by atoms with Crippen LogP contribution >= 0.6 is 22.9 Å². The third-order valence-corrected chi connectivity index (χ3v) is 7.49. The number of hydrogen-bond donors (Lipinski definition) is 2. The lowest BCUT2D eigenvalue weighted by atomic mass is 9.96. The molecule has 0 unspecified atom stereocenters. The molecule has 4 aromatic rings. The minimum absolute atomic E-state index is 0.0203. The van der Waals surface area contributed by atoms with Crippen LogP contribution in [-0.2, 0) is 6.54 Å². The van der Waals surface area contributed by atoms with Crippen molar-refractivity contribution in [3.8, 4) is 34.3 Å². The first-order valence-electron chi connectivity index (χ1n) is 10.2. The summed E-state index contributed by atoms with van der Waals surface area (Å²) in [6.45, 7) is 1.65. The molecule has 0 fully saturated rings. The van der Waals surface area contributed by atoms with Crippen molar-refractivity contribution in [2.24, 2.45) is 0 Å². The number of anilines is 1. The summed E-state index contributed by atoms with van der Waals surface area (Å²) >= 11 is 7.70. The summed E-state index contributed by atoms with van der Waals surface area (Å²) in [5.41, 5.74) is 6.73. The highest BCUT2D eigenvalue weighted by Gasteiger charge is 2.32. The summed E-state index contributed by atoms with van der Waals surface area (Å²) in [6.07, 6.45) is 0.688. The van der Waals surface area contributed by atoms with E-state index in [4.69, 9.17) is 22.1 Å². The number of halogens is 3. The zero-order chi connectivity index (χ0) is 22.9. The first-order chi connectivity index (χ1) is 16.0. The molecule has 0 bridgehead atoms. The summed E-state index contributed by atoms with van der Waals surface area (Å²) < 4.78 is 38.4. The second kappa shape index (κ2) is 7.38. The molecule has 2 aliphatic rings. The number of fused-ring (bicyclic) bond motifs is 3. The summed E-state index contributed by atoms with van der Waals surface area (Å²) in [5.74, 6) is 0.343. The molecule has 0 saturated carbocycles. The lowest BCUT2D eigenvalue weighted by Crippen LogP contribution is -2.35. The number of benzene rings is 2. The second-order valence-corrected chi connectivity index (χ2v) is 9.34. The molecule has 0 radical (unpaired) electrons. The smallest absolute Gasteiger partial charge is 0.168 e. The van der Waals surface area contributed by atoms with Gasteiger partial charge in [0.2, 0.25) is 0 Å². The molecule has 11 heteroatoms. The zero-order valence-electron chi connectivity index (χ0n) is 17.0. The average molecular weight is 485 g/mol. The minimum atomic E-state index is -0.646. The van der Waals surface area contributed by atoms with Gasteiger partial charge in [0.25, 0.3) is 0 Å². The van der Waals surface area contributed by atoms with Gasteiger partial charge in [-0.25, -0.2) is 8.78 Å². The molecule has 0 amide bonds. The number of nitriles is 1. The Kier molecular flexibility index (Phi) is 4.55. The Labute approximate surface area is 195 Å². The first kappa shape index (κ1) is 20.4. The van der Waals surface area contributed by atoms with Crippen LogP contribution in [-0.4, -0.2) is 27.9 Å². The SMILES string of the molecule is N#Cc1c(N)sc2c(F)ccc(-c3c(F)cc4c(c3Cl)OCC[C@H]3CNCc5nnc-4n53)c12. The van der Waals surface area contributed by atoms with E-state index in [-0.39, 0.29) is 48.6 Å². The summed E-state index contributed by atoms with van der Waals surface area (Å²) in [4.78, 5) is 0. The fourth-order valence-corrected chi connectivity index (χ4v) is 5.94. The molecule has 2 aliphatic heterocycles. The lowest BCUT2D eigenvalue weighted by molar-refractivity contribution is 0.258. The van der Waals surface area contributed by atoms with E-state index in [0.717, 1.165) is 23.7 Å². The summed E-state index contributed by atoms with van der Waals surface area (Å²) in [5, 5.41) is 21.9. The van der Waals surface area contributed by atoms with Crippen LogP contribution in [0.2, 0.25) is 5.02 Å². The largest absolute Gasteiger partial charge is 0.491 e. The minimum Gasteiger partial charge on any atom is -0.491 e. The maximum Gasteiger partial charge on any atom is 0.168 e. The molecular weight excluding hydrogens is 470 g/mol. The fraction of sp³-hybridized carbons (Fsp3) is 0.227. The standard InChI is InChI=1S/C22H15ClF2N6OS/c23-18-17(10-1-2-13(24)20-16(10)12(6-26)21(27)33-20)14(25)5-11-19(18)32-4-3-9-7-28-8-15-29-30-22(11)31(9)15/h1-2,5,9,28H,3-4,7-8,27H2/t9-/m0/s1. The molecule has 0 saturated heterocycles. The van der Waals surface area contributed by atoms with E-state index in [1.807, 2.05) is 10.6 Å². The maximum absolute atomic E-state index is 15.7. The van der Waals surface area contributed by atoms with Crippen LogP contribution in [0.15, 0.2) is 18.2 Å². The monoisotopic (exact) mass is 484 g/mol. The number of nitrogens with one attached hydrogen (secondary N) is 1. The Balaban J connectivity index is 1.64. The van der Waals surface area contributed by atoms with Gasteiger partial charge in [0.05, 0.1) is 40.0 Å². The first-order valence-corrected chi connectivity index (χ1v) is 11.4. The maximum atomic E-state index is 15.7. The van der Waals surface area contributed by atoms with E-state index >= 15 is 4.39 Å². The number of aromatic nitrogens is 3. The molecule has 0 spiro atoms. The van der Waals surface area contributed by atoms with Gasteiger partial charge in [-0.2, -0.15) is 5.26 Å². The number of nitrogens with two attached hydrogens (primary N) is 1. The Hall–Kier alpha value is -3.26. The Morgan fingerprint density at radius 1 is 1.27 bits per heavy atom. The highest BCUT2D eigenvalue weighted by molar-refractivity contribution is 7.23. The number of ether oxygens (including phenoxy) is 1. The normalized spacial score (nSPS) is 17.0. The van der Waals surface area contributed by atoms with Gasteiger partial charge < -0.3 is 20.4 Å². The van der Waals surface area contributed by atoms with Gasteiger partial charge in [0, 0.05) is 23.9 Å². The molecule has 2 aromatic carbocycles. The van der Waals surface area contributed by atoms with Crippen molar-refractivity contribution in [2.75, 3.05) is 18.9 Å². The molecule has 166 valence electrons. The van der Waals surface area contributed by atoms with Gasteiger partial charge in [0.1, 0.15) is 34.3 Å². The molecule has 3 N–H and O–H groups in total. The van der Waals surface area contributed by atoms with Crippen molar-refractivity contribution in [1.29, 1.82) is 5.26 Å². The fourth-order valence-electron chi connectivity index (χ4n) is 4.65. The van der Waals surface area contributed by atoms with Crippen LogP contribution in [0.5, 0.6) is 5.75 Å². The van der Waals surface area contributed by atoms with Crippen molar-refractivity contribution >= 4 is 38.0 Å². The van der Waals surface area contributed by atoms with E-state index in [9.17, 15) is 9.65 Å². The van der Waals surface area contributed by atoms with Crippen LogP contribution in [0, 0.1) is 23.0 Å². The third-order valence-electron chi connectivity index (χ3n) is 6.11. The van der Waals surface area contributed by atoms with E-state index in [1.54, 1.807) is 0 Å². The van der Waals surface area contributed by atoms with Crippen molar-refractivity contribution in [2.45, 2.75) is 19.0 Å². The zero-order valence-corrected chi connectivity index (χ0v) is 18.5. The van der Waals surface area contributed by atoms with Gasteiger partial charge in [-0.15, -0.1) is 21.5 Å². The molecule has 0 aliphatic carbocycles. The van der Waals surface area contributed by atoms with Crippen LogP contribution in [0.25, 0.3) is 32.6 Å². The van der Waals surface area contributed by atoms with Crippen molar-refractivity contribution in [1.82, 2.24) is 20.1 Å². The summed E-state index contributed by atoms with van der Waals surface area (Å²) in [6, 6.07) is 6.02. The molecule has 4 heterocycles. The van der Waals surface area contributed by atoms with Gasteiger partial charge in [-0.05, 0) is 17.7 Å². The lowest BCUT2D eigenvalue weighted by Gasteiger charge is -2.29. The summed E-state index contributed by atoms with van der Waals surface area (Å²) in [7, 11) is 0. The van der Waals surface area contributed by atoms with Gasteiger partial charge in [0.15, 0.2) is 5.82 Å². The van der Waals surface area contributed by atoms with Gasteiger partial charge >= 0.3 is 0 Å². The average Bonchev–Trinajstić information content (AvgIpc) is 3.37. The topological polar surface area (TPSA) is 102 Å².